The average molecular weight is 445 g/mol. The second-order valence-corrected chi connectivity index (χ2v) is 10.4. The topological polar surface area (TPSA) is 103 Å². The molecule has 1 aliphatic carbocycles. The van der Waals surface area contributed by atoms with Gasteiger partial charge >= 0.3 is 0 Å². The number of carbonyl (C=O) groups is 2. The second-order valence-electron chi connectivity index (χ2n) is 9.36. The number of carbonyl (C=O) groups excluding carboxylic acids is 2. The quantitative estimate of drug-likeness (QED) is 0.535. The van der Waals surface area contributed by atoms with Crippen molar-refractivity contribution in [2.75, 3.05) is 17.2 Å². The third-order valence-electron chi connectivity index (χ3n) is 5.29. The summed E-state index contributed by atoms with van der Waals surface area (Å²) >= 11 is 1.30. The molecule has 2 aromatic rings. The van der Waals surface area contributed by atoms with Gasteiger partial charge in [0.25, 0.3) is 11.8 Å². The smallest absolute Gasteiger partial charge is 0.267 e. The molecule has 0 bridgehead atoms. The number of amides is 2. The number of benzene rings is 1. The van der Waals surface area contributed by atoms with Crippen molar-refractivity contribution in [2.24, 2.45) is 5.41 Å². The lowest BCUT2D eigenvalue weighted by Gasteiger charge is -2.28. The van der Waals surface area contributed by atoms with Crippen molar-refractivity contribution >= 4 is 34.0 Å². The van der Waals surface area contributed by atoms with Crippen molar-refractivity contribution in [3.05, 3.63) is 40.4 Å². The van der Waals surface area contributed by atoms with Crippen LogP contribution in [0.1, 0.15) is 72.0 Å². The highest BCUT2D eigenvalue weighted by Crippen LogP contribution is 2.24. The van der Waals surface area contributed by atoms with Crippen LogP contribution >= 0.6 is 11.3 Å². The van der Waals surface area contributed by atoms with E-state index < -0.39 is 6.10 Å². The Kier molecular flexibility index (Phi) is 7.33. The summed E-state index contributed by atoms with van der Waals surface area (Å²) in [7, 11) is 0. The second kappa shape index (κ2) is 9.78. The summed E-state index contributed by atoms with van der Waals surface area (Å²) in [6.07, 6.45) is 4.52. The molecule has 4 N–H and O–H groups in total. The first kappa shape index (κ1) is 23.2. The van der Waals surface area contributed by atoms with Crippen LogP contribution in [0.4, 0.5) is 10.8 Å². The van der Waals surface area contributed by atoms with Crippen LogP contribution in [0.25, 0.3) is 0 Å². The average Bonchev–Trinajstić information content (AvgIpc) is 3.18. The molecular weight excluding hydrogens is 412 g/mol. The monoisotopic (exact) mass is 444 g/mol. The van der Waals surface area contributed by atoms with Crippen molar-refractivity contribution in [1.29, 1.82) is 0 Å². The van der Waals surface area contributed by atoms with Crippen molar-refractivity contribution in [3.8, 4) is 0 Å². The summed E-state index contributed by atoms with van der Waals surface area (Å²) in [6, 6.07) is 5.00. The fraction of sp³-hybridized carbons (Fsp3) is 0.522. The maximum absolute atomic E-state index is 12.7. The minimum absolute atomic E-state index is 0.111. The van der Waals surface area contributed by atoms with Crippen molar-refractivity contribution in [1.82, 2.24) is 10.3 Å². The van der Waals surface area contributed by atoms with E-state index in [1.807, 2.05) is 13.0 Å². The highest BCUT2D eigenvalue weighted by Gasteiger charge is 2.25. The number of aliphatic hydroxyl groups excluding tert-OH is 1. The molecular formula is C23H32N4O3S. The molecule has 0 spiro atoms. The van der Waals surface area contributed by atoms with Crippen LogP contribution in [-0.2, 0) is 0 Å². The number of anilines is 2. The number of nitrogens with zero attached hydrogens (tertiary/aromatic N) is 1. The Labute approximate surface area is 187 Å². The number of rotatable bonds is 6. The predicted octanol–water partition coefficient (Wildman–Crippen LogP) is 4.20. The largest absolute Gasteiger partial charge is 0.391 e. The summed E-state index contributed by atoms with van der Waals surface area (Å²) in [6.45, 7) is 9.02. The van der Waals surface area contributed by atoms with E-state index in [2.05, 4.69) is 41.7 Å². The van der Waals surface area contributed by atoms with Crippen LogP contribution in [0.2, 0.25) is 0 Å². The van der Waals surface area contributed by atoms with Gasteiger partial charge in [-0.05, 0) is 42.9 Å². The molecule has 1 saturated carbocycles. The van der Waals surface area contributed by atoms with Gasteiger partial charge in [0.2, 0.25) is 0 Å². The highest BCUT2D eigenvalue weighted by molar-refractivity contribution is 7.17. The van der Waals surface area contributed by atoms with Crippen molar-refractivity contribution < 1.29 is 14.7 Å². The van der Waals surface area contributed by atoms with Gasteiger partial charge in [0.15, 0.2) is 5.13 Å². The van der Waals surface area contributed by atoms with Crippen LogP contribution in [0.15, 0.2) is 24.4 Å². The summed E-state index contributed by atoms with van der Waals surface area (Å²) in [4.78, 5) is 30.2. The molecule has 2 amide bonds. The molecule has 1 aromatic carbocycles. The van der Waals surface area contributed by atoms with E-state index in [4.69, 9.17) is 0 Å². The Balaban J connectivity index is 1.65. The van der Waals surface area contributed by atoms with Gasteiger partial charge in [-0.15, -0.1) is 0 Å². The van der Waals surface area contributed by atoms with Crippen LogP contribution in [0.5, 0.6) is 0 Å². The molecule has 3 rings (SSSR count). The minimum atomic E-state index is -0.505. The summed E-state index contributed by atoms with van der Waals surface area (Å²) in [5.74, 6) is -0.502. The predicted molar refractivity (Wildman–Crippen MR) is 125 cm³/mol. The summed E-state index contributed by atoms with van der Waals surface area (Å²) in [5, 5.41) is 19.9. The molecule has 0 saturated heterocycles. The lowest BCUT2D eigenvalue weighted by Crippen LogP contribution is -2.45. The van der Waals surface area contributed by atoms with E-state index in [0.29, 0.717) is 27.7 Å². The normalized spacial score (nSPS) is 19.0. The van der Waals surface area contributed by atoms with E-state index in [1.54, 1.807) is 18.3 Å². The molecule has 0 unspecified atom stereocenters. The SMILES string of the molecule is Cc1ccc(C(=O)N[C@H]2CCCC[C@@H]2O)cc1NC(=O)c1cnc(NCC(C)(C)C)s1. The van der Waals surface area contributed by atoms with Gasteiger partial charge in [0.05, 0.1) is 18.3 Å². The van der Waals surface area contributed by atoms with E-state index in [1.165, 1.54) is 11.3 Å². The molecule has 8 heteroatoms. The Morgan fingerprint density at radius 1 is 1.19 bits per heavy atom. The van der Waals surface area contributed by atoms with Gasteiger partial charge in [-0.1, -0.05) is 51.0 Å². The number of aromatic nitrogens is 1. The highest BCUT2D eigenvalue weighted by atomic mass is 32.1. The molecule has 7 nitrogen and oxygen atoms in total. The Morgan fingerprint density at radius 3 is 2.65 bits per heavy atom. The fourth-order valence-corrected chi connectivity index (χ4v) is 4.12. The number of hydrogen-bond donors (Lipinski definition) is 4. The third-order valence-corrected chi connectivity index (χ3v) is 6.25. The molecule has 0 radical (unpaired) electrons. The van der Waals surface area contributed by atoms with Crippen LogP contribution in [0.3, 0.4) is 0 Å². The molecule has 1 heterocycles. The molecule has 0 aliphatic heterocycles. The van der Waals surface area contributed by atoms with Gasteiger partial charge in [-0.25, -0.2) is 4.98 Å². The zero-order chi connectivity index (χ0) is 22.6. The zero-order valence-corrected chi connectivity index (χ0v) is 19.4. The van der Waals surface area contributed by atoms with Gasteiger partial charge < -0.3 is 21.1 Å². The summed E-state index contributed by atoms with van der Waals surface area (Å²) < 4.78 is 0. The maximum Gasteiger partial charge on any atom is 0.267 e. The number of aliphatic hydroxyl groups is 1. The Hall–Kier alpha value is -2.45. The number of thiazole rings is 1. The Morgan fingerprint density at radius 2 is 1.94 bits per heavy atom. The van der Waals surface area contributed by atoms with Crippen molar-refractivity contribution in [3.63, 3.8) is 0 Å². The summed E-state index contributed by atoms with van der Waals surface area (Å²) in [5.41, 5.74) is 2.01. The number of aryl methyl sites for hydroxylation is 1. The molecule has 1 fully saturated rings. The maximum atomic E-state index is 12.7. The zero-order valence-electron chi connectivity index (χ0n) is 18.6. The van der Waals surface area contributed by atoms with Gasteiger partial charge in [-0.2, -0.15) is 0 Å². The van der Waals surface area contributed by atoms with Crippen LogP contribution in [-0.4, -0.2) is 40.6 Å². The third kappa shape index (κ3) is 6.51. The van der Waals surface area contributed by atoms with E-state index >= 15 is 0 Å². The van der Waals surface area contributed by atoms with Crippen LogP contribution in [0, 0.1) is 12.3 Å². The van der Waals surface area contributed by atoms with E-state index in [0.717, 1.165) is 31.4 Å². The minimum Gasteiger partial charge on any atom is -0.391 e. The Bertz CT molecular complexity index is 935. The first-order valence-electron chi connectivity index (χ1n) is 10.7. The van der Waals surface area contributed by atoms with Crippen molar-refractivity contribution in [2.45, 2.75) is 65.5 Å². The number of hydrogen-bond acceptors (Lipinski definition) is 6. The van der Waals surface area contributed by atoms with E-state index in [-0.39, 0.29) is 23.3 Å². The molecule has 31 heavy (non-hydrogen) atoms. The molecule has 168 valence electrons. The molecule has 2 atom stereocenters. The molecule has 1 aromatic heterocycles. The molecule has 1 aliphatic rings. The van der Waals surface area contributed by atoms with Crippen LogP contribution < -0.4 is 16.0 Å². The first-order chi connectivity index (χ1) is 14.6. The van der Waals surface area contributed by atoms with E-state index in [9.17, 15) is 14.7 Å². The standard InChI is InChI=1S/C23H32N4O3S/c1-14-9-10-15(20(29)26-16-7-5-6-8-18(16)28)11-17(14)27-21(30)19-12-24-22(31-19)25-13-23(2,3)4/h9-12,16,18,28H,5-8,13H2,1-4H3,(H,24,25)(H,26,29)(H,27,30)/t16-,18-/m0/s1. The van der Waals surface area contributed by atoms with Gasteiger partial charge in [0, 0.05) is 17.8 Å². The lowest BCUT2D eigenvalue weighted by atomic mass is 9.92. The fourth-order valence-electron chi connectivity index (χ4n) is 3.41. The first-order valence-corrected chi connectivity index (χ1v) is 11.5. The van der Waals surface area contributed by atoms with Gasteiger partial charge in [-0.3, -0.25) is 9.59 Å². The van der Waals surface area contributed by atoms with Gasteiger partial charge in [0.1, 0.15) is 4.88 Å². The number of nitrogens with one attached hydrogen (secondary N) is 3. The lowest BCUT2D eigenvalue weighted by molar-refractivity contribution is 0.0717.